The molecule has 1 heterocycles. The average Bonchev–Trinajstić information content (AvgIpc) is 2.37. The fourth-order valence-corrected chi connectivity index (χ4v) is 2.03. The predicted molar refractivity (Wildman–Crippen MR) is 80.1 cm³/mol. The first-order valence-electron chi connectivity index (χ1n) is 7.37. The summed E-state index contributed by atoms with van der Waals surface area (Å²) in [5.41, 5.74) is 5.26. The zero-order valence-corrected chi connectivity index (χ0v) is 12.6. The molecule has 0 aliphatic carbocycles. The standard InChI is InChI=1S/C15H24F3N3/c1-11(2)7-5-3-4-6-8-20-13-9-14(15(16,17)18)21-10-12(13)19/h9-11H,3-8,19H2,1-2H3,(H,20,21). The van der Waals surface area contributed by atoms with Gasteiger partial charge in [-0.15, -0.1) is 0 Å². The van der Waals surface area contributed by atoms with Crippen LogP contribution < -0.4 is 11.1 Å². The maximum absolute atomic E-state index is 12.6. The van der Waals surface area contributed by atoms with E-state index in [0.717, 1.165) is 37.4 Å². The minimum absolute atomic E-state index is 0.239. The first-order chi connectivity index (χ1) is 9.80. The molecule has 3 nitrogen and oxygen atoms in total. The number of aromatic nitrogens is 1. The highest BCUT2D eigenvalue weighted by Crippen LogP contribution is 2.31. The zero-order valence-electron chi connectivity index (χ0n) is 12.6. The number of anilines is 2. The maximum atomic E-state index is 12.6. The lowest BCUT2D eigenvalue weighted by atomic mass is 10.0. The van der Waals surface area contributed by atoms with E-state index in [0.29, 0.717) is 12.2 Å². The molecule has 3 N–H and O–H groups in total. The van der Waals surface area contributed by atoms with Crippen molar-refractivity contribution < 1.29 is 13.2 Å². The number of hydrogen-bond acceptors (Lipinski definition) is 3. The molecule has 0 aromatic carbocycles. The van der Waals surface area contributed by atoms with Crippen molar-refractivity contribution in [3.8, 4) is 0 Å². The van der Waals surface area contributed by atoms with Gasteiger partial charge in [-0.3, -0.25) is 0 Å². The van der Waals surface area contributed by atoms with Gasteiger partial charge >= 0.3 is 6.18 Å². The van der Waals surface area contributed by atoms with Crippen molar-refractivity contribution in [3.63, 3.8) is 0 Å². The van der Waals surface area contributed by atoms with Crippen molar-refractivity contribution in [1.82, 2.24) is 4.98 Å². The number of alkyl halides is 3. The van der Waals surface area contributed by atoms with Crippen LogP contribution in [0.1, 0.15) is 51.6 Å². The predicted octanol–water partition coefficient (Wildman–Crippen LogP) is 4.70. The molecule has 0 spiro atoms. The number of rotatable bonds is 8. The lowest BCUT2D eigenvalue weighted by Gasteiger charge is -2.12. The van der Waals surface area contributed by atoms with Gasteiger partial charge in [-0.2, -0.15) is 13.2 Å². The molecule has 0 saturated carbocycles. The van der Waals surface area contributed by atoms with Crippen LogP contribution >= 0.6 is 0 Å². The molecule has 1 rings (SSSR count). The molecule has 0 amide bonds. The zero-order chi connectivity index (χ0) is 15.9. The summed E-state index contributed by atoms with van der Waals surface area (Å²) in [6.07, 6.45) is 2.17. The van der Waals surface area contributed by atoms with Gasteiger partial charge in [0.1, 0.15) is 5.69 Å². The highest BCUT2D eigenvalue weighted by atomic mass is 19.4. The Morgan fingerprint density at radius 2 is 1.86 bits per heavy atom. The van der Waals surface area contributed by atoms with Gasteiger partial charge in [-0.1, -0.05) is 39.5 Å². The van der Waals surface area contributed by atoms with Gasteiger partial charge in [0, 0.05) is 6.54 Å². The van der Waals surface area contributed by atoms with Crippen LogP contribution in [-0.2, 0) is 6.18 Å². The highest BCUT2D eigenvalue weighted by molar-refractivity contribution is 5.65. The van der Waals surface area contributed by atoms with Crippen molar-refractivity contribution in [2.24, 2.45) is 5.92 Å². The molecular formula is C15H24F3N3. The van der Waals surface area contributed by atoms with E-state index in [1.54, 1.807) is 0 Å². The number of pyridine rings is 1. The van der Waals surface area contributed by atoms with Gasteiger partial charge < -0.3 is 11.1 Å². The second-order valence-corrected chi connectivity index (χ2v) is 5.68. The Hall–Kier alpha value is -1.46. The number of hydrogen-bond donors (Lipinski definition) is 2. The first kappa shape index (κ1) is 17.6. The van der Waals surface area contributed by atoms with Crippen molar-refractivity contribution in [2.45, 2.75) is 52.1 Å². The van der Waals surface area contributed by atoms with Crippen molar-refractivity contribution in [1.29, 1.82) is 0 Å². The summed E-state index contributed by atoms with van der Waals surface area (Å²) in [7, 11) is 0. The lowest BCUT2D eigenvalue weighted by molar-refractivity contribution is -0.141. The number of nitrogens with one attached hydrogen (secondary N) is 1. The second-order valence-electron chi connectivity index (χ2n) is 5.68. The van der Waals surface area contributed by atoms with Gasteiger partial charge in [-0.05, 0) is 18.4 Å². The summed E-state index contributed by atoms with van der Waals surface area (Å²) >= 11 is 0. The van der Waals surface area contributed by atoms with E-state index in [1.165, 1.54) is 12.8 Å². The molecule has 0 unspecified atom stereocenters. The molecule has 0 bridgehead atoms. The smallest absolute Gasteiger partial charge is 0.396 e. The van der Waals surface area contributed by atoms with Crippen molar-refractivity contribution >= 4 is 11.4 Å². The summed E-state index contributed by atoms with van der Waals surface area (Å²) in [6.45, 7) is 5.02. The van der Waals surface area contributed by atoms with Crippen molar-refractivity contribution in [3.05, 3.63) is 18.0 Å². The third-order valence-corrected chi connectivity index (χ3v) is 3.25. The Morgan fingerprint density at radius 3 is 2.48 bits per heavy atom. The molecular weight excluding hydrogens is 279 g/mol. The number of nitrogens with zero attached hydrogens (tertiary/aromatic N) is 1. The maximum Gasteiger partial charge on any atom is 0.433 e. The summed E-state index contributed by atoms with van der Waals surface area (Å²) in [5, 5.41) is 2.96. The van der Waals surface area contributed by atoms with Crippen LogP contribution in [-0.4, -0.2) is 11.5 Å². The van der Waals surface area contributed by atoms with Crippen molar-refractivity contribution in [2.75, 3.05) is 17.6 Å². The fourth-order valence-electron chi connectivity index (χ4n) is 2.03. The van der Waals surface area contributed by atoms with E-state index in [4.69, 9.17) is 5.73 Å². The minimum Gasteiger partial charge on any atom is -0.396 e. The number of halogens is 3. The quantitative estimate of drug-likeness (QED) is 0.684. The Bertz CT molecular complexity index is 431. The monoisotopic (exact) mass is 303 g/mol. The fraction of sp³-hybridized carbons (Fsp3) is 0.667. The third kappa shape index (κ3) is 6.69. The van der Waals surface area contributed by atoms with Gasteiger partial charge in [0.25, 0.3) is 0 Å². The summed E-state index contributed by atoms with van der Waals surface area (Å²) < 4.78 is 37.7. The van der Waals surface area contributed by atoms with Crippen LogP contribution in [0.4, 0.5) is 24.5 Å². The number of unbranched alkanes of at least 4 members (excludes halogenated alkanes) is 3. The van der Waals surface area contributed by atoms with Crippen LogP contribution in [0.25, 0.3) is 0 Å². The van der Waals surface area contributed by atoms with Gasteiger partial charge in [-0.25, -0.2) is 4.98 Å². The molecule has 1 aromatic rings. The Labute approximate surface area is 124 Å². The van der Waals surface area contributed by atoms with Crippen LogP contribution in [0.2, 0.25) is 0 Å². The van der Waals surface area contributed by atoms with Crippen LogP contribution in [0.15, 0.2) is 12.3 Å². The Balaban J connectivity index is 2.35. The van der Waals surface area contributed by atoms with E-state index >= 15 is 0 Å². The average molecular weight is 303 g/mol. The minimum atomic E-state index is -4.44. The largest absolute Gasteiger partial charge is 0.433 e. The van der Waals surface area contributed by atoms with E-state index in [-0.39, 0.29) is 5.69 Å². The molecule has 21 heavy (non-hydrogen) atoms. The third-order valence-electron chi connectivity index (χ3n) is 3.25. The molecule has 0 fully saturated rings. The van der Waals surface area contributed by atoms with E-state index in [9.17, 15) is 13.2 Å². The van der Waals surface area contributed by atoms with Gasteiger partial charge in [0.2, 0.25) is 0 Å². The highest BCUT2D eigenvalue weighted by Gasteiger charge is 2.32. The Kier molecular flexibility index (Phi) is 6.78. The SMILES string of the molecule is CC(C)CCCCCCNc1cc(C(F)(F)F)ncc1N. The summed E-state index contributed by atoms with van der Waals surface area (Å²) in [4.78, 5) is 3.31. The van der Waals surface area contributed by atoms with E-state index in [2.05, 4.69) is 24.1 Å². The summed E-state index contributed by atoms with van der Waals surface area (Å²) in [6, 6.07) is 0.966. The van der Waals surface area contributed by atoms with E-state index in [1.807, 2.05) is 0 Å². The molecule has 6 heteroatoms. The Morgan fingerprint density at radius 1 is 1.19 bits per heavy atom. The molecule has 1 aromatic heterocycles. The van der Waals surface area contributed by atoms with E-state index < -0.39 is 11.9 Å². The van der Waals surface area contributed by atoms with Gasteiger partial charge in [0.15, 0.2) is 0 Å². The van der Waals surface area contributed by atoms with Crippen LogP contribution in [0, 0.1) is 5.92 Å². The molecule has 0 saturated heterocycles. The summed E-state index contributed by atoms with van der Waals surface area (Å²) in [5.74, 6) is 0.723. The lowest BCUT2D eigenvalue weighted by Crippen LogP contribution is -2.11. The molecule has 120 valence electrons. The first-order valence-corrected chi connectivity index (χ1v) is 7.37. The normalized spacial score (nSPS) is 11.9. The van der Waals surface area contributed by atoms with Crippen LogP contribution in [0.3, 0.4) is 0 Å². The number of nitrogen functional groups attached to an aromatic ring is 1. The second kappa shape index (κ2) is 8.10. The number of nitrogens with two attached hydrogens (primary N) is 1. The van der Waals surface area contributed by atoms with Gasteiger partial charge in [0.05, 0.1) is 17.6 Å². The molecule has 0 aliphatic rings. The van der Waals surface area contributed by atoms with Crippen LogP contribution in [0.5, 0.6) is 0 Å². The topological polar surface area (TPSA) is 50.9 Å². The molecule has 0 atom stereocenters. The molecule has 0 radical (unpaired) electrons. The molecule has 0 aliphatic heterocycles.